The van der Waals surface area contributed by atoms with E-state index >= 15 is 0 Å². The second-order valence-corrected chi connectivity index (χ2v) is 6.64. The van der Waals surface area contributed by atoms with Gasteiger partial charge in [-0.1, -0.05) is 24.9 Å². The van der Waals surface area contributed by atoms with Crippen LogP contribution in [0.25, 0.3) is 0 Å². The van der Waals surface area contributed by atoms with Gasteiger partial charge in [-0.3, -0.25) is 0 Å². The fraction of sp³-hybridized carbons (Fsp3) is 0.538. The number of rotatable bonds is 7. The SMILES string of the molecule is CCCCNS(=O)(=O)c1cc(Cl)cc(CNC)c1C. The molecule has 19 heavy (non-hydrogen) atoms. The third kappa shape index (κ3) is 4.45. The van der Waals surface area contributed by atoms with E-state index in [9.17, 15) is 8.42 Å². The van der Waals surface area contributed by atoms with Gasteiger partial charge in [-0.25, -0.2) is 13.1 Å². The molecule has 4 nitrogen and oxygen atoms in total. The van der Waals surface area contributed by atoms with Crippen molar-refractivity contribution in [3.8, 4) is 0 Å². The van der Waals surface area contributed by atoms with E-state index in [2.05, 4.69) is 10.0 Å². The van der Waals surface area contributed by atoms with E-state index in [0.29, 0.717) is 18.1 Å². The Morgan fingerprint density at radius 3 is 2.58 bits per heavy atom. The highest BCUT2D eigenvalue weighted by Crippen LogP contribution is 2.24. The van der Waals surface area contributed by atoms with Crippen LogP contribution >= 0.6 is 11.6 Å². The van der Waals surface area contributed by atoms with Crippen LogP contribution in [0.15, 0.2) is 17.0 Å². The average Bonchev–Trinajstić information content (AvgIpc) is 2.33. The number of halogens is 1. The number of nitrogens with one attached hydrogen (secondary N) is 2. The Hall–Kier alpha value is -0.620. The van der Waals surface area contributed by atoms with E-state index in [1.54, 1.807) is 13.0 Å². The fourth-order valence-electron chi connectivity index (χ4n) is 1.82. The van der Waals surface area contributed by atoms with E-state index in [1.165, 1.54) is 6.07 Å². The number of hydrogen-bond donors (Lipinski definition) is 2. The van der Waals surface area contributed by atoms with Crippen LogP contribution in [-0.2, 0) is 16.6 Å². The van der Waals surface area contributed by atoms with Crippen molar-refractivity contribution in [1.29, 1.82) is 0 Å². The van der Waals surface area contributed by atoms with Crippen molar-refractivity contribution < 1.29 is 8.42 Å². The van der Waals surface area contributed by atoms with Crippen LogP contribution in [0.1, 0.15) is 30.9 Å². The van der Waals surface area contributed by atoms with Crippen LogP contribution in [0.2, 0.25) is 5.02 Å². The van der Waals surface area contributed by atoms with E-state index in [1.807, 2.05) is 14.0 Å². The summed E-state index contributed by atoms with van der Waals surface area (Å²) >= 11 is 6.01. The minimum Gasteiger partial charge on any atom is -0.316 e. The second-order valence-electron chi connectivity index (χ2n) is 4.47. The van der Waals surface area contributed by atoms with Crippen molar-refractivity contribution in [2.45, 2.75) is 38.1 Å². The summed E-state index contributed by atoms with van der Waals surface area (Å²) < 4.78 is 27.1. The lowest BCUT2D eigenvalue weighted by Gasteiger charge is -2.13. The first-order valence-corrected chi connectivity index (χ1v) is 8.21. The van der Waals surface area contributed by atoms with Gasteiger partial charge in [-0.2, -0.15) is 0 Å². The summed E-state index contributed by atoms with van der Waals surface area (Å²) in [6.45, 7) is 4.86. The van der Waals surface area contributed by atoms with Gasteiger partial charge < -0.3 is 5.32 Å². The Bertz CT molecular complexity index is 530. The first-order valence-electron chi connectivity index (χ1n) is 6.35. The normalized spacial score (nSPS) is 11.8. The monoisotopic (exact) mass is 304 g/mol. The van der Waals surface area contributed by atoms with Crippen molar-refractivity contribution in [3.05, 3.63) is 28.3 Å². The van der Waals surface area contributed by atoms with Crippen molar-refractivity contribution in [3.63, 3.8) is 0 Å². The molecule has 6 heteroatoms. The maximum atomic E-state index is 12.2. The number of sulfonamides is 1. The summed E-state index contributed by atoms with van der Waals surface area (Å²) in [4.78, 5) is 0.265. The molecule has 0 aliphatic carbocycles. The Morgan fingerprint density at radius 2 is 2.00 bits per heavy atom. The first kappa shape index (κ1) is 16.4. The zero-order chi connectivity index (χ0) is 14.5. The third-order valence-electron chi connectivity index (χ3n) is 2.91. The van der Waals surface area contributed by atoms with Gasteiger partial charge in [-0.05, 0) is 43.7 Å². The quantitative estimate of drug-likeness (QED) is 0.761. The van der Waals surface area contributed by atoms with E-state index in [-0.39, 0.29) is 4.90 Å². The molecule has 0 atom stereocenters. The maximum absolute atomic E-state index is 12.2. The van der Waals surface area contributed by atoms with Gasteiger partial charge in [0.15, 0.2) is 0 Å². The molecule has 0 amide bonds. The number of unbranched alkanes of at least 4 members (excludes halogenated alkanes) is 1. The van der Waals surface area contributed by atoms with Crippen molar-refractivity contribution in [2.75, 3.05) is 13.6 Å². The van der Waals surface area contributed by atoms with Crippen molar-refractivity contribution in [1.82, 2.24) is 10.0 Å². The largest absolute Gasteiger partial charge is 0.316 e. The molecular weight excluding hydrogens is 284 g/mol. The minimum atomic E-state index is -3.49. The van der Waals surface area contributed by atoms with E-state index in [0.717, 1.165) is 24.0 Å². The Kier molecular flexibility index (Phi) is 6.26. The van der Waals surface area contributed by atoms with Crippen LogP contribution in [0, 0.1) is 6.92 Å². The molecule has 0 spiro atoms. The third-order valence-corrected chi connectivity index (χ3v) is 4.72. The predicted octanol–water partition coefficient (Wildman–Crippen LogP) is 2.45. The highest BCUT2D eigenvalue weighted by atomic mass is 35.5. The standard InChI is InChI=1S/C13H21ClN2O2S/c1-4-5-6-16-19(17,18)13-8-12(14)7-11(9-15-3)10(13)2/h7-8,15-16H,4-6,9H2,1-3H3. The van der Waals surface area contributed by atoms with Crippen LogP contribution in [0.5, 0.6) is 0 Å². The van der Waals surface area contributed by atoms with Crippen molar-refractivity contribution >= 4 is 21.6 Å². The van der Waals surface area contributed by atoms with E-state index < -0.39 is 10.0 Å². The Labute approximate surface area is 120 Å². The van der Waals surface area contributed by atoms with E-state index in [4.69, 9.17) is 11.6 Å². The summed E-state index contributed by atoms with van der Waals surface area (Å²) in [6, 6.07) is 3.29. The summed E-state index contributed by atoms with van der Waals surface area (Å²) in [7, 11) is -1.68. The molecule has 0 aliphatic rings. The molecule has 1 rings (SSSR count). The average molecular weight is 305 g/mol. The molecule has 0 bridgehead atoms. The highest BCUT2D eigenvalue weighted by molar-refractivity contribution is 7.89. The van der Waals surface area contributed by atoms with Gasteiger partial charge in [0.25, 0.3) is 0 Å². The molecule has 0 aromatic heterocycles. The topological polar surface area (TPSA) is 58.2 Å². The van der Waals surface area contributed by atoms with Gasteiger partial charge in [-0.15, -0.1) is 0 Å². The second kappa shape index (κ2) is 7.24. The Morgan fingerprint density at radius 1 is 1.32 bits per heavy atom. The molecule has 2 N–H and O–H groups in total. The zero-order valence-electron chi connectivity index (χ0n) is 11.6. The highest BCUT2D eigenvalue weighted by Gasteiger charge is 2.19. The van der Waals surface area contributed by atoms with Crippen LogP contribution < -0.4 is 10.0 Å². The zero-order valence-corrected chi connectivity index (χ0v) is 13.2. The molecule has 0 heterocycles. The number of benzene rings is 1. The van der Waals surface area contributed by atoms with Gasteiger partial charge >= 0.3 is 0 Å². The van der Waals surface area contributed by atoms with Crippen LogP contribution in [0.4, 0.5) is 0 Å². The lowest BCUT2D eigenvalue weighted by atomic mass is 10.1. The number of hydrogen-bond acceptors (Lipinski definition) is 3. The lowest BCUT2D eigenvalue weighted by Crippen LogP contribution is -2.26. The molecule has 0 aliphatic heterocycles. The predicted molar refractivity (Wildman–Crippen MR) is 79.0 cm³/mol. The molecular formula is C13H21ClN2O2S. The molecule has 0 saturated carbocycles. The van der Waals surface area contributed by atoms with Crippen LogP contribution in [-0.4, -0.2) is 22.0 Å². The first-order chi connectivity index (χ1) is 8.92. The summed E-state index contributed by atoms with van der Waals surface area (Å²) in [5.74, 6) is 0. The lowest BCUT2D eigenvalue weighted by molar-refractivity contribution is 0.577. The smallest absolute Gasteiger partial charge is 0.240 e. The van der Waals surface area contributed by atoms with Gasteiger partial charge in [0.1, 0.15) is 0 Å². The maximum Gasteiger partial charge on any atom is 0.240 e. The molecule has 0 radical (unpaired) electrons. The van der Waals surface area contributed by atoms with Gasteiger partial charge in [0.05, 0.1) is 4.90 Å². The fourth-order valence-corrected chi connectivity index (χ4v) is 3.51. The van der Waals surface area contributed by atoms with Crippen molar-refractivity contribution in [2.24, 2.45) is 0 Å². The molecule has 1 aromatic carbocycles. The van der Waals surface area contributed by atoms with Gasteiger partial charge in [0, 0.05) is 18.1 Å². The molecule has 1 aromatic rings. The van der Waals surface area contributed by atoms with Crippen LogP contribution in [0.3, 0.4) is 0 Å². The summed E-state index contributed by atoms with van der Waals surface area (Å²) in [6.07, 6.45) is 1.77. The summed E-state index contributed by atoms with van der Waals surface area (Å²) in [5, 5.41) is 3.45. The van der Waals surface area contributed by atoms with Gasteiger partial charge in [0.2, 0.25) is 10.0 Å². The molecule has 0 unspecified atom stereocenters. The Balaban J connectivity index is 3.11. The molecule has 0 saturated heterocycles. The molecule has 0 fully saturated rings. The summed E-state index contributed by atoms with van der Waals surface area (Å²) in [5.41, 5.74) is 1.63. The minimum absolute atomic E-state index is 0.265. The molecule has 108 valence electrons.